The van der Waals surface area contributed by atoms with Gasteiger partial charge in [0.15, 0.2) is 0 Å². The Bertz CT molecular complexity index is 641. The van der Waals surface area contributed by atoms with E-state index in [4.69, 9.17) is 15.0 Å². The largest absolute Gasteiger partial charge is 0.491 e. The minimum absolute atomic E-state index is 0.196. The molecule has 1 aromatic rings. The summed E-state index contributed by atoms with van der Waals surface area (Å²) in [6, 6.07) is 5.08. The van der Waals surface area contributed by atoms with Crippen molar-refractivity contribution >= 4 is 35.1 Å². The van der Waals surface area contributed by atoms with Crippen molar-refractivity contribution in [2.24, 2.45) is 5.73 Å². The van der Waals surface area contributed by atoms with E-state index < -0.39 is 24.3 Å². The third-order valence-corrected chi connectivity index (χ3v) is 4.87. The maximum Gasteiger partial charge on any atom is 0.491 e. The fourth-order valence-electron chi connectivity index (χ4n) is 2.26. The van der Waals surface area contributed by atoms with Gasteiger partial charge in [-0.2, -0.15) is 0 Å². The molecule has 23 heavy (non-hydrogen) atoms. The van der Waals surface area contributed by atoms with Crippen molar-refractivity contribution in [2.45, 2.75) is 38.9 Å². The van der Waals surface area contributed by atoms with E-state index in [1.54, 1.807) is 24.3 Å². The van der Waals surface area contributed by atoms with Gasteiger partial charge in [-0.1, -0.05) is 28.1 Å². The van der Waals surface area contributed by atoms with Crippen molar-refractivity contribution in [1.29, 1.82) is 0 Å². The Morgan fingerprint density at radius 2 is 1.87 bits per heavy atom. The van der Waals surface area contributed by atoms with Crippen LogP contribution in [0.2, 0.25) is 0 Å². The maximum absolute atomic E-state index is 11.4. The lowest BCUT2D eigenvalue weighted by Crippen LogP contribution is -2.41. The lowest BCUT2D eigenvalue weighted by Gasteiger charge is -2.32. The van der Waals surface area contributed by atoms with Crippen molar-refractivity contribution in [3.05, 3.63) is 39.3 Å². The molecule has 0 aliphatic carbocycles. The summed E-state index contributed by atoms with van der Waals surface area (Å²) in [5, 5.41) is 9.36. The van der Waals surface area contributed by atoms with Crippen molar-refractivity contribution in [1.82, 2.24) is 0 Å². The smallest absolute Gasteiger partial charge is 0.478 e. The van der Waals surface area contributed by atoms with Gasteiger partial charge in [0.05, 0.1) is 16.8 Å². The second-order valence-corrected chi connectivity index (χ2v) is 7.46. The van der Waals surface area contributed by atoms with Crippen LogP contribution in [-0.4, -0.2) is 35.9 Å². The zero-order chi connectivity index (χ0) is 17.4. The van der Waals surface area contributed by atoms with E-state index in [2.05, 4.69) is 15.9 Å². The molecule has 0 atom stereocenters. The number of nitrogens with two attached hydrogens (primary N) is 1. The van der Waals surface area contributed by atoms with Crippen LogP contribution in [0.5, 0.6) is 0 Å². The van der Waals surface area contributed by atoms with Crippen molar-refractivity contribution in [3.8, 4) is 0 Å². The molecule has 0 radical (unpaired) electrons. The zero-order valence-corrected chi connectivity index (χ0v) is 15.3. The normalized spacial score (nSPS) is 19.9. The Morgan fingerprint density at radius 1 is 1.30 bits per heavy atom. The minimum atomic E-state index is -0.997. The fourth-order valence-corrected chi connectivity index (χ4v) is 2.62. The molecule has 1 aliphatic rings. The van der Waals surface area contributed by atoms with Gasteiger partial charge in [-0.15, -0.1) is 0 Å². The Balaban J connectivity index is 2.40. The van der Waals surface area contributed by atoms with E-state index in [-0.39, 0.29) is 12.1 Å². The molecule has 0 amide bonds. The number of halogens is 1. The molecule has 1 saturated heterocycles. The highest BCUT2D eigenvalue weighted by Gasteiger charge is 2.52. The Morgan fingerprint density at radius 3 is 2.35 bits per heavy atom. The molecular weight excluding hydrogens is 361 g/mol. The fraction of sp³-hybridized carbons (Fsp3) is 0.438. The lowest BCUT2D eigenvalue weighted by atomic mass is 9.77. The lowest BCUT2D eigenvalue weighted by molar-refractivity contribution is 0.00578. The molecule has 5 nitrogen and oxygen atoms in total. The van der Waals surface area contributed by atoms with Crippen molar-refractivity contribution < 1.29 is 19.2 Å². The SMILES string of the molecule is CC1(C)OB(C(=Cc2ccc(Br)cc2C(=O)O)CN)OC1(C)C. The molecule has 0 saturated carbocycles. The van der Waals surface area contributed by atoms with Crippen LogP contribution in [0.15, 0.2) is 28.1 Å². The number of carboxylic acid groups (broad SMARTS) is 1. The van der Waals surface area contributed by atoms with Gasteiger partial charge in [-0.05, 0) is 50.9 Å². The van der Waals surface area contributed by atoms with Crippen LogP contribution in [-0.2, 0) is 9.31 Å². The van der Waals surface area contributed by atoms with E-state index in [0.717, 1.165) is 0 Å². The molecule has 124 valence electrons. The van der Waals surface area contributed by atoms with Gasteiger partial charge in [0, 0.05) is 11.0 Å². The number of aromatic carboxylic acids is 1. The molecule has 0 spiro atoms. The van der Waals surface area contributed by atoms with E-state index >= 15 is 0 Å². The van der Waals surface area contributed by atoms with E-state index in [1.807, 2.05) is 27.7 Å². The number of hydrogen-bond donors (Lipinski definition) is 2. The van der Waals surface area contributed by atoms with Crippen LogP contribution in [0.1, 0.15) is 43.6 Å². The average Bonchev–Trinajstić information content (AvgIpc) is 2.65. The van der Waals surface area contributed by atoms with Crippen molar-refractivity contribution in [3.63, 3.8) is 0 Å². The standard InChI is InChI=1S/C16H21BBrNO4/c1-15(2)16(3,4)23-17(22-15)11(9-19)7-10-5-6-12(18)8-13(10)14(20)21/h5-8H,9,19H2,1-4H3,(H,20,21). The average molecular weight is 382 g/mol. The molecular formula is C16H21BBrNO4. The summed E-state index contributed by atoms with van der Waals surface area (Å²) < 4.78 is 12.7. The minimum Gasteiger partial charge on any atom is -0.478 e. The van der Waals surface area contributed by atoms with Crippen LogP contribution < -0.4 is 5.73 Å². The number of rotatable bonds is 4. The summed E-state index contributed by atoms with van der Waals surface area (Å²) in [5.41, 5.74) is 6.37. The van der Waals surface area contributed by atoms with E-state index in [9.17, 15) is 9.90 Å². The zero-order valence-electron chi connectivity index (χ0n) is 13.7. The van der Waals surface area contributed by atoms with Gasteiger partial charge in [0.2, 0.25) is 0 Å². The van der Waals surface area contributed by atoms with Gasteiger partial charge in [0.1, 0.15) is 0 Å². The molecule has 7 heteroatoms. The molecule has 1 heterocycles. The van der Waals surface area contributed by atoms with Crippen LogP contribution in [0.3, 0.4) is 0 Å². The van der Waals surface area contributed by atoms with Gasteiger partial charge < -0.3 is 20.1 Å². The van der Waals surface area contributed by atoms with E-state index in [0.29, 0.717) is 15.5 Å². The summed E-state index contributed by atoms with van der Waals surface area (Å²) in [4.78, 5) is 11.4. The van der Waals surface area contributed by atoms with Crippen molar-refractivity contribution in [2.75, 3.05) is 6.54 Å². The monoisotopic (exact) mass is 381 g/mol. The molecule has 2 rings (SSSR count). The highest BCUT2D eigenvalue weighted by Crippen LogP contribution is 2.38. The quantitative estimate of drug-likeness (QED) is 0.783. The topological polar surface area (TPSA) is 81.8 Å². The summed E-state index contributed by atoms with van der Waals surface area (Å²) in [5.74, 6) is -0.997. The Hall–Kier alpha value is -1.15. The molecule has 0 aromatic heterocycles. The third kappa shape index (κ3) is 3.69. The molecule has 1 aliphatic heterocycles. The Labute approximate surface area is 145 Å². The van der Waals surface area contributed by atoms with Gasteiger partial charge >= 0.3 is 13.1 Å². The first-order valence-electron chi connectivity index (χ1n) is 7.36. The molecule has 3 N–H and O–H groups in total. The number of hydrogen-bond acceptors (Lipinski definition) is 4. The number of benzene rings is 1. The first-order chi connectivity index (χ1) is 10.6. The number of carbonyl (C=O) groups is 1. The summed E-state index contributed by atoms with van der Waals surface area (Å²) in [6.07, 6.45) is 1.73. The van der Waals surface area contributed by atoms with Crippen LogP contribution in [0, 0.1) is 0 Å². The molecule has 0 bridgehead atoms. The van der Waals surface area contributed by atoms with Crippen LogP contribution in [0.4, 0.5) is 0 Å². The highest BCUT2D eigenvalue weighted by molar-refractivity contribution is 9.10. The first kappa shape index (κ1) is 18.2. The van der Waals surface area contributed by atoms with Crippen LogP contribution in [0.25, 0.3) is 6.08 Å². The summed E-state index contributed by atoms with van der Waals surface area (Å²) in [6.45, 7) is 8.06. The summed E-state index contributed by atoms with van der Waals surface area (Å²) >= 11 is 3.29. The second kappa shape index (κ2) is 6.40. The molecule has 0 unspecified atom stereocenters. The molecule has 1 aromatic carbocycles. The number of carboxylic acids is 1. The predicted octanol–water partition coefficient (Wildman–Crippen LogP) is 3.12. The third-order valence-electron chi connectivity index (χ3n) is 4.38. The van der Waals surface area contributed by atoms with Gasteiger partial charge in [0.25, 0.3) is 0 Å². The highest BCUT2D eigenvalue weighted by atomic mass is 79.9. The van der Waals surface area contributed by atoms with Crippen LogP contribution >= 0.6 is 15.9 Å². The second-order valence-electron chi connectivity index (χ2n) is 6.55. The Kier molecular flexibility index (Phi) is 5.06. The summed E-state index contributed by atoms with van der Waals surface area (Å²) in [7, 11) is -0.588. The van der Waals surface area contributed by atoms with Gasteiger partial charge in [-0.3, -0.25) is 0 Å². The molecule has 1 fully saturated rings. The van der Waals surface area contributed by atoms with E-state index in [1.165, 1.54) is 0 Å². The van der Waals surface area contributed by atoms with Gasteiger partial charge in [-0.25, -0.2) is 4.79 Å². The first-order valence-corrected chi connectivity index (χ1v) is 8.16. The maximum atomic E-state index is 11.4. The predicted molar refractivity (Wildman–Crippen MR) is 94.2 cm³/mol.